The predicted octanol–water partition coefficient (Wildman–Crippen LogP) is -2.09. The van der Waals surface area contributed by atoms with Crippen LogP contribution in [-0.2, 0) is 19.1 Å². The molecule has 0 saturated carbocycles. The summed E-state index contributed by atoms with van der Waals surface area (Å²) in [6.45, 7) is 3.11. The lowest BCUT2D eigenvalue weighted by atomic mass is 10.2. The average Bonchev–Trinajstić information content (AvgIpc) is 2.30. The molecule has 1 heterocycles. The van der Waals surface area contributed by atoms with Crippen molar-refractivity contribution in [2.24, 2.45) is 0 Å². The molecule has 16 heavy (non-hydrogen) atoms. The van der Waals surface area contributed by atoms with Crippen LogP contribution in [0.25, 0.3) is 0 Å². The summed E-state index contributed by atoms with van der Waals surface area (Å²) in [5.74, 6) is -3.54. The molecule has 1 fully saturated rings. The van der Waals surface area contributed by atoms with Gasteiger partial charge in [-0.15, -0.1) is 0 Å². The average molecular weight is 238 g/mol. The van der Waals surface area contributed by atoms with Crippen LogP contribution in [0.15, 0.2) is 0 Å². The summed E-state index contributed by atoms with van der Waals surface area (Å²) >= 11 is 0. The Morgan fingerprint density at radius 1 is 0.812 bits per heavy atom. The molecule has 0 aromatic heterocycles. The Hall–Kier alpha value is -1.22. The molecule has 4 N–H and O–H groups in total. The van der Waals surface area contributed by atoms with Gasteiger partial charge in [0.15, 0.2) is 12.2 Å². The van der Waals surface area contributed by atoms with Gasteiger partial charge in [-0.3, -0.25) is 0 Å². The number of carboxylic acids is 2. The molecule has 0 spiro atoms. The first-order valence-electron chi connectivity index (χ1n) is 4.44. The second kappa shape index (κ2) is 7.99. The van der Waals surface area contributed by atoms with E-state index in [9.17, 15) is 9.59 Å². The Balaban J connectivity index is 0.000000315. The summed E-state index contributed by atoms with van der Waals surface area (Å²) in [5.41, 5.74) is 0. The molecule has 1 rings (SSSR count). The first-order valence-corrected chi connectivity index (χ1v) is 4.44. The van der Waals surface area contributed by atoms with Crippen molar-refractivity contribution in [3.63, 3.8) is 0 Å². The molecule has 0 radical (unpaired) electrons. The maximum absolute atomic E-state index is 9.77. The van der Waals surface area contributed by atoms with Gasteiger partial charge in [0.05, 0.1) is 26.4 Å². The lowest BCUT2D eigenvalue weighted by molar-refractivity contribution is -0.165. The highest BCUT2D eigenvalue weighted by molar-refractivity contribution is 5.83. The van der Waals surface area contributed by atoms with Crippen molar-refractivity contribution in [2.45, 2.75) is 12.2 Å². The van der Waals surface area contributed by atoms with E-state index in [1.165, 1.54) is 0 Å². The summed E-state index contributed by atoms with van der Waals surface area (Å²) in [6, 6.07) is 0. The highest BCUT2D eigenvalue weighted by Gasteiger charge is 2.29. The van der Waals surface area contributed by atoms with Gasteiger partial charge in [0.2, 0.25) is 0 Å². The van der Waals surface area contributed by atoms with Gasteiger partial charge in [-0.2, -0.15) is 0 Å². The second-order valence-electron chi connectivity index (χ2n) is 2.79. The lowest BCUT2D eigenvalue weighted by Crippen LogP contribution is -2.39. The molecule has 0 amide bonds. The fourth-order valence-corrected chi connectivity index (χ4v) is 0.710. The van der Waals surface area contributed by atoms with E-state index in [0.717, 1.165) is 26.4 Å². The minimum Gasteiger partial charge on any atom is -0.479 e. The third kappa shape index (κ3) is 6.30. The maximum Gasteiger partial charge on any atom is 0.335 e. The maximum atomic E-state index is 9.77. The summed E-state index contributed by atoms with van der Waals surface area (Å²) in [6.07, 6.45) is -4.53. The predicted molar refractivity (Wildman–Crippen MR) is 48.9 cm³/mol. The largest absolute Gasteiger partial charge is 0.479 e. The highest BCUT2D eigenvalue weighted by Crippen LogP contribution is 1.92. The molecule has 8 heteroatoms. The Morgan fingerprint density at radius 2 is 1.06 bits per heavy atom. The van der Waals surface area contributed by atoms with E-state index in [4.69, 9.17) is 29.9 Å². The van der Waals surface area contributed by atoms with Crippen molar-refractivity contribution >= 4 is 11.9 Å². The number of rotatable bonds is 3. The van der Waals surface area contributed by atoms with Crippen LogP contribution in [0, 0.1) is 0 Å². The fraction of sp³-hybridized carbons (Fsp3) is 0.750. The number of aliphatic hydroxyl groups excluding tert-OH is 2. The molecule has 0 aliphatic carbocycles. The molecule has 2 atom stereocenters. The van der Waals surface area contributed by atoms with E-state index in [2.05, 4.69) is 0 Å². The second-order valence-corrected chi connectivity index (χ2v) is 2.79. The third-order valence-electron chi connectivity index (χ3n) is 1.55. The van der Waals surface area contributed by atoms with E-state index in [1.54, 1.807) is 0 Å². The van der Waals surface area contributed by atoms with Crippen LogP contribution >= 0.6 is 0 Å². The van der Waals surface area contributed by atoms with E-state index in [1.807, 2.05) is 0 Å². The molecular weight excluding hydrogens is 224 g/mol. The van der Waals surface area contributed by atoms with Gasteiger partial charge < -0.3 is 29.9 Å². The molecule has 1 aliphatic rings. The fourth-order valence-electron chi connectivity index (χ4n) is 0.710. The first kappa shape index (κ1) is 14.8. The van der Waals surface area contributed by atoms with Gasteiger partial charge in [0, 0.05) is 0 Å². The van der Waals surface area contributed by atoms with Crippen LogP contribution in [0.4, 0.5) is 0 Å². The van der Waals surface area contributed by atoms with Gasteiger partial charge in [-0.1, -0.05) is 0 Å². The van der Waals surface area contributed by atoms with Crippen LogP contribution in [0.2, 0.25) is 0 Å². The number of carboxylic acid groups (broad SMARTS) is 2. The Labute approximate surface area is 91.0 Å². The monoisotopic (exact) mass is 238 g/mol. The lowest BCUT2D eigenvalue weighted by Gasteiger charge is -2.09. The Bertz CT molecular complexity index is 195. The van der Waals surface area contributed by atoms with Crippen LogP contribution < -0.4 is 0 Å². The minimum absolute atomic E-state index is 0.778. The minimum atomic E-state index is -2.27. The van der Waals surface area contributed by atoms with Gasteiger partial charge in [-0.25, -0.2) is 9.59 Å². The van der Waals surface area contributed by atoms with Crippen molar-refractivity contribution < 1.29 is 39.5 Å². The topological polar surface area (TPSA) is 134 Å². The molecule has 1 aliphatic heterocycles. The molecule has 8 nitrogen and oxygen atoms in total. The van der Waals surface area contributed by atoms with Crippen LogP contribution in [0.5, 0.6) is 0 Å². The normalized spacial score (nSPS) is 18.9. The molecule has 0 aromatic carbocycles. The van der Waals surface area contributed by atoms with Gasteiger partial charge in [-0.05, 0) is 0 Å². The van der Waals surface area contributed by atoms with Gasteiger partial charge in [0.25, 0.3) is 0 Å². The number of aliphatic hydroxyl groups is 2. The van der Waals surface area contributed by atoms with Crippen molar-refractivity contribution in [2.75, 3.05) is 26.4 Å². The number of aliphatic carboxylic acids is 2. The summed E-state index contributed by atoms with van der Waals surface area (Å²) in [5, 5.41) is 32.5. The number of hydrogen-bond acceptors (Lipinski definition) is 6. The molecule has 0 aromatic rings. The zero-order valence-corrected chi connectivity index (χ0v) is 8.40. The van der Waals surface area contributed by atoms with Crippen molar-refractivity contribution in [3.05, 3.63) is 0 Å². The zero-order chi connectivity index (χ0) is 12.6. The van der Waals surface area contributed by atoms with E-state index < -0.39 is 24.1 Å². The molecular formula is C8H14O8. The number of carbonyl (C=O) groups is 2. The van der Waals surface area contributed by atoms with E-state index in [0.29, 0.717) is 0 Å². The van der Waals surface area contributed by atoms with Crippen molar-refractivity contribution in [3.8, 4) is 0 Å². The summed E-state index contributed by atoms with van der Waals surface area (Å²) in [4.78, 5) is 19.5. The zero-order valence-electron chi connectivity index (χ0n) is 8.40. The molecule has 94 valence electrons. The van der Waals surface area contributed by atoms with Crippen LogP contribution in [0.1, 0.15) is 0 Å². The van der Waals surface area contributed by atoms with Gasteiger partial charge in [0.1, 0.15) is 0 Å². The highest BCUT2D eigenvalue weighted by atomic mass is 16.6. The third-order valence-corrected chi connectivity index (χ3v) is 1.55. The number of ether oxygens (including phenoxy) is 2. The molecule has 0 bridgehead atoms. The van der Waals surface area contributed by atoms with Crippen LogP contribution in [0.3, 0.4) is 0 Å². The quantitative estimate of drug-likeness (QED) is 0.439. The van der Waals surface area contributed by atoms with Crippen molar-refractivity contribution in [1.82, 2.24) is 0 Å². The van der Waals surface area contributed by atoms with Crippen molar-refractivity contribution in [1.29, 1.82) is 0 Å². The standard InChI is InChI=1S/C4H6O6.C4H8O2/c5-1(3(7)8)2(6)4(9)10;1-2-6-4-3-5-1/h1-2,5-6H,(H,7,8)(H,9,10);1-4H2. The summed E-state index contributed by atoms with van der Waals surface area (Å²) < 4.78 is 9.89. The Morgan fingerprint density at radius 3 is 1.19 bits per heavy atom. The number of hydrogen-bond donors (Lipinski definition) is 4. The van der Waals surface area contributed by atoms with E-state index >= 15 is 0 Å². The molecule has 2 unspecified atom stereocenters. The smallest absolute Gasteiger partial charge is 0.335 e. The summed E-state index contributed by atoms with van der Waals surface area (Å²) in [7, 11) is 0. The van der Waals surface area contributed by atoms with Crippen LogP contribution in [-0.4, -0.2) is 71.0 Å². The van der Waals surface area contributed by atoms with Gasteiger partial charge >= 0.3 is 11.9 Å². The first-order chi connectivity index (χ1) is 7.46. The Kier molecular flexibility index (Phi) is 7.38. The SMILES string of the molecule is C1COCCO1.O=C(O)C(O)C(O)C(=O)O. The molecule has 1 saturated heterocycles. The van der Waals surface area contributed by atoms with E-state index in [-0.39, 0.29) is 0 Å².